The number of fused-ring (bicyclic) bond motifs is 1. The summed E-state index contributed by atoms with van der Waals surface area (Å²) in [5.74, 6) is -0.808. The molecule has 21 heavy (non-hydrogen) atoms. The molecule has 2 rings (SSSR count). The molecular weight excluding hydrogens is 268 g/mol. The minimum absolute atomic E-state index is 0.288. The Kier molecular flexibility index (Phi) is 4.03. The van der Waals surface area contributed by atoms with Gasteiger partial charge in [0.15, 0.2) is 0 Å². The summed E-state index contributed by atoms with van der Waals surface area (Å²) in [6.07, 6.45) is 3.18. The number of aromatic nitrogens is 1. The third kappa shape index (κ3) is 2.51. The fourth-order valence-corrected chi connectivity index (χ4v) is 2.78. The molecule has 0 N–H and O–H groups in total. The molecular formula is C18H18F2N+. The molecule has 0 unspecified atom stereocenters. The number of hydrogen-bond donors (Lipinski definition) is 0. The van der Waals surface area contributed by atoms with Crippen molar-refractivity contribution in [3.05, 3.63) is 58.6 Å². The molecule has 0 atom stereocenters. The molecule has 0 bridgehead atoms. The maximum Gasteiger partial charge on any atom is 0.216 e. The first-order valence-corrected chi connectivity index (χ1v) is 6.67. The van der Waals surface area contributed by atoms with Gasteiger partial charge in [-0.25, -0.2) is 8.78 Å². The van der Waals surface area contributed by atoms with Gasteiger partial charge < -0.3 is 0 Å². The van der Waals surface area contributed by atoms with Gasteiger partial charge >= 0.3 is 0 Å². The Hall–Kier alpha value is -2.29. The molecule has 0 aliphatic rings. The number of allylic oxidation sites excluding steroid dienone is 3. The summed E-state index contributed by atoms with van der Waals surface area (Å²) >= 11 is 0. The van der Waals surface area contributed by atoms with E-state index in [4.69, 9.17) is 0 Å². The standard InChI is InChI=1S/C18H18F2N/c1-6-14-13(4)18(11(2)10-12(3)19)21(5)16-9-7-8-15(20)17(14)16/h6-10H,3-4H2,1-2,5H3/q+1/b11-10+,14-6+. The summed E-state index contributed by atoms with van der Waals surface area (Å²) in [5.41, 5.74) is 2.20. The predicted octanol–water partition coefficient (Wildman–Crippen LogP) is 2.90. The van der Waals surface area contributed by atoms with E-state index in [1.807, 2.05) is 30.7 Å². The Morgan fingerprint density at radius 1 is 1.33 bits per heavy atom. The van der Waals surface area contributed by atoms with Crippen LogP contribution >= 0.6 is 0 Å². The quantitative estimate of drug-likeness (QED) is 0.590. The number of hydrogen-bond acceptors (Lipinski definition) is 0. The van der Waals surface area contributed by atoms with Crippen molar-refractivity contribution in [2.24, 2.45) is 7.05 Å². The van der Waals surface area contributed by atoms with Crippen molar-refractivity contribution in [1.29, 1.82) is 0 Å². The van der Waals surface area contributed by atoms with Crippen LogP contribution in [0.2, 0.25) is 0 Å². The molecule has 0 aliphatic carbocycles. The number of nitrogens with zero attached hydrogens (tertiary/aromatic N) is 1. The fraction of sp³-hybridized carbons (Fsp3) is 0.167. The minimum atomic E-state index is -0.520. The van der Waals surface area contributed by atoms with Gasteiger partial charge in [0.1, 0.15) is 18.7 Å². The maximum atomic E-state index is 14.2. The van der Waals surface area contributed by atoms with E-state index in [1.165, 1.54) is 12.1 Å². The van der Waals surface area contributed by atoms with Gasteiger partial charge in [-0.2, -0.15) is 4.57 Å². The molecule has 1 heterocycles. The third-order valence-electron chi connectivity index (χ3n) is 3.60. The Bertz CT molecular complexity index is 876. The second kappa shape index (κ2) is 5.60. The molecule has 2 aromatic rings. The van der Waals surface area contributed by atoms with E-state index in [0.717, 1.165) is 16.4 Å². The normalized spacial score (nSPS) is 13.0. The summed E-state index contributed by atoms with van der Waals surface area (Å²) in [6, 6.07) is 4.93. The van der Waals surface area contributed by atoms with Crippen molar-refractivity contribution < 1.29 is 13.3 Å². The van der Waals surface area contributed by atoms with Crippen LogP contribution in [0.4, 0.5) is 8.78 Å². The number of rotatable bonds is 2. The molecule has 1 aromatic heterocycles. The largest absolute Gasteiger partial charge is 0.216 e. The van der Waals surface area contributed by atoms with Gasteiger partial charge in [-0.1, -0.05) is 25.3 Å². The molecule has 0 saturated carbocycles. The number of benzene rings is 1. The highest BCUT2D eigenvalue weighted by Crippen LogP contribution is 2.13. The van der Waals surface area contributed by atoms with E-state index >= 15 is 0 Å². The highest BCUT2D eigenvalue weighted by molar-refractivity contribution is 5.79. The van der Waals surface area contributed by atoms with E-state index in [2.05, 4.69) is 13.2 Å². The topological polar surface area (TPSA) is 3.88 Å². The summed E-state index contributed by atoms with van der Waals surface area (Å²) < 4.78 is 29.1. The van der Waals surface area contributed by atoms with Crippen LogP contribution in [0.15, 0.2) is 36.7 Å². The first kappa shape index (κ1) is 15.1. The molecule has 0 spiro atoms. The molecule has 108 valence electrons. The van der Waals surface area contributed by atoms with Crippen LogP contribution in [0, 0.1) is 5.82 Å². The number of halogens is 2. The van der Waals surface area contributed by atoms with Crippen molar-refractivity contribution >= 4 is 29.1 Å². The van der Waals surface area contributed by atoms with E-state index < -0.39 is 5.83 Å². The Morgan fingerprint density at radius 3 is 2.57 bits per heavy atom. The van der Waals surface area contributed by atoms with Crippen LogP contribution in [0.5, 0.6) is 0 Å². The highest BCUT2D eigenvalue weighted by atomic mass is 19.1. The van der Waals surface area contributed by atoms with Crippen molar-refractivity contribution in [2.75, 3.05) is 0 Å². The van der Waals surface area contributed by atoms with Gasteiger partial charge in [-0.15, -0.1) is 0 Å². The molecule has 0 fully saturated rings. The summed E-state index contributed by atoms with van der Waals surface area (Å²) in [5, 5.41) is 1.93. The van der Waals surface area contributed by atoms with E-state index in [-0.39, 0.29) is 5.82 Å². The minimum Gasteiger partial charge on any atom is -0.208 e. The molecule has 1 aromatic carbocycles. The van der Waals surface area contributed by atoms with E-state index in [1.54, 1.807) is 13.0 Å². The summed E-state index contributed by atoms with van der Waals surface area (Å²) in [6.45, 7) is 10.9. The molecule has 0 amide bonds. The van der Waals surface area contributed by atoms with Gasteiger partial charge in [0, 0.05) is 22.1 Å². The van der Waals surface area contributed by atoms with Crippen LogP contribution in [0.3, 0.4) is 0 Å². The molecule has 1 nitrogen and oxygen atoms in total. The van der Waals surface area contributed by atoms with Gasteiger partial charge in [-0.3, -0.25) is 0 Å². The van der Waals surface area contributed by atoms with Crippen molar-refractivity contribution in [3.8, 4) is 0 Å². The predicted molar refractivity (Wildman–Crippen MR) is 83.9 cm³/mol. The first-order valence-electron chi connectivity index (χ1n) is 6.67. The third-order valence-corrected chi connectivity index (χ3v) is 3.60. The maximum absolute atomic E-state index is 14.2. The lowest BCUT2D eigenvalue weighted by Crippen LogP contribution is -2.46. The van der Waals surface area contributed by atoms with Crippen molar-refractivity contribution in [2.45, 2.75) is 13.8 Å². The Balaban J connectivity index is 3.08. The van der Waals surface area contributed by atoms with E-state index in [9.17, 15) is 8.78 Å². The molecule has 0 radical (unpaired) electrons. The zero-order chi connectivity index (χ0) is 15.7. The zero-order valence-corrected chi connectivity index (χ0v) is 12.5. The monoisotopic (exact) mass is 286 g/mol. The van der Waals surface area contributed by atoms with Gasteiger partial charge in [0.2, 0.25) is 11.2 Å². The lowest BCUT2D eigenvalue weighted by atomic mass is 10.0. The average Bonchev–Trinajstić information content (AvgIpc) is 2.39. The van der Waals surface area contributed by atoms with E-state index in [0.29, 0.717) is 16.2 Å². The Morgan fingerprint density at radius 2 is 2.00 bits per heavy atom. The van der Waals surface area contributed by atoms with Gasteiger partial charge in [-0.05, 0) is 26.0 Å². The zero-order valence-electron chi connectivity index (χ0n) is 12.5. The van der Waals surface area contributed by atoms with Crippen molar-refractivity contribution in [1.82, 2.24) is 0 Å². The Labute approximate surface area is 122 Å². The van der Waals surface area contributed by atoms with Gasteiger partial charge in [0.05, 0.1) is 5.39 Å². The van der Waals surface area contributed by atoms with Crippen molar-refractivity contribution in [3.63, 3.8) is 0 Å². The van der Waals surface area contributed by atoms with Crippen LogP contribution < -0.4 is 15.0 Å². The molecule has 0 saturated heterocycles. The summed E-state index contributed by atoms with van der Waals surface area (Å²) in [7, 11) is 1.82. The SMILES string of the molecule is C=C(F)/C=C(\C)c1c(=C)/c(=C\C)c2c(F)cccc2[n+]1C. The molecule has 0 aliphatic heterocycles. The second-order valence-electron chi connectivity index (χ2n) is 5.00. The highest BCUT2D eigenvalue weighted by Gasteiger charge is 2.19. The van der Waals surface area contributed by atoms with Crippen LogP contribution in [0.1, 0.15) is 19.5 Å². The average molecular weight is 286 g/mol. The first-order chi connectivity index (χ1) is 9.88. The fourth-order valence-electron chi connectivity index (χ4n) is 2.78. The van der Waals surface area contributed by atoms with Gasteiger partial charge in [0.25, 0.3) is 0 Å². The lowest BCUT2D eigenvalue weighted by molar-refractivity contribution is -0.648. The van der Waals surface area contributed by atoms with Crippen LogP contribution in [0.25, 0.3) is 29.1 Å². The lowest BCUT2D eigenvalue weighted by Gasteiger charge is -2.07. The number of aryl methyl sites for hydroxylation is 1. The van der Waals surface area contributed by atoms with Crippen LogP contribution in [-0.2, 0) is 7.05 Å². The molecule has 3 heteroatoms. The second-order valence-corrected chi connectivity index (χ2v) is 5.00. The summed E-state index contributed by atoms with van der Waals surface area (Å²) in [4.78, 5) is 0. The number of pyridine rings is 1. The van der Waals surface area contributed by atoms with Crippen LogP contribution in [-0.4, -0.2) is 0 Å². The smallest absolute Gasteiger partial charge is 0.208 e.